The molecule has 0 bridgehead atoms. The number of aromatic nitrogens is 3. The van der Waals surface area contributed by atoms with E-state index in [0.29, 0.717) is 28.6 Å². The van der Waals surface area contributed by atoms with Crippen LogP contribution in [-0.4, -0.2) is 27.5 Å². The Morgan fingerprint density at radius 3 is 2.63 bits per heavy atom. The molecule has 0 fully saturated rings. The Balaban J connectivity index is 1.51. The lowest BCUT2D eigenvalue weighted by Gasteiger charge is -2.11. The van der Waals surface area contributed by atoms with Crippen molar-refractivity contribution >= 4 is 23.2 Å². The predicted octanol–water partition coefficient (Wildman–Crippen LogP) is 3.72. The fraction of sp³-hybridized carbons (Fsp3) is 0.0909. The smallest absolute Gasteiger partial charge is 0.324 e. The zero-order valence-electron chi connectivity index (χ0n) is 16.4. The van der Waals surface area contributed by atoms with Crippen molar-refractivity contribution in [3.8, 4) is 16.9 Å². The van der Waals surface area contributed by atoms with Crippen LogP contribution >= 0.6 is 0 Å². The van der Waals surface area contributed by atoms with E-state index in [1.54, 1.807) is 50.7 Å². The van der Waals surface area contributed by atoms with Crippen molar-refractivity contribution in [1.82, 2.24) is 14.4 Å². The lowest BCUT2D eigenvalue weighted by molar-refractivity contribution is 0.262. The molecule has 1 aromatic carbocycles. The Bertz CT molecular complexity index is 1280. The number of benzene rings is 1. The molecule has 0 saturated heterocycles. The first-order valence-corrected chi connectivity index (χ1v) is 9.21. The van der Waals surface area contributed by atoms with Crippen molar-refractivity contribution in [2.45, 2.75) is 6.92 Å². The SMILES string of the molecule is COc1ccccc1NC(=O)Nc1ccc(-c2ccn3c(=O)cc(C)nc3c2)cn1. The second-order valence-corrected chi connectivity index (χ2v) is 6.59. The number of ether oxygens (including phenoxy) is 1. The molecule has 0 radical (unpaired) electrons. The molecule has 2 amide bonds. The molecule has 30 heavy (non-hydrogen) atoms. The van der Waals surface area contributed by atoms with Crippen molar-refractivity contribution in [1.29, 1.82) is 0 Å². The van der Waals surface area contributed by atoms with Gasteiger partial charge < -0.3 is 10.1 Å². The van der Waals surface area contributed by atoms with Crippen LogP contribution in [0.15, 0.2) is 71.8 Å². The number of anilines is 2. The quantitative estimate of drug-likeness (QED) is 0.543. The largest absolute Gasteiger partial charge is 0.495 e. The molecule has 0 saturated carbocycles. The van der Waals surface area contributed by atoms with Crippen LogP contribution in [0.4, 0.5) is 16.3 Å². The van der Waals surface area contributed by atoms with Crippen molar-refractivity contribution in [3.63, 3.8) is 0 Å². The van der Waals surface area contributed by atoms with E-state index < -0.39 is 6.03 Å². The highest BCUT2D eigenvalue weighted by Crippen LogP contribution is 2.24. The van der Waals surface area contributed by atoms with Gasteiger partial charge in [0.15, 0.2) is 0 Å². The maximum Gasteiger partial charge on any atom is 0.324 e. The molecule has 4 aromatic rings. The third kappa shape index (κ3) is 3.97. The fourth-order valence-electron chi connectivity index (χ4n) is 3.06. The predicted molar refractivity (Wildman–Crippen MR) is 115 cm³/mol. The normalized spacial score (nSPS) is 10.6. The second-order valence-electron chi connectivity index (χ2n) is 6.59. The number of pyridine rings is 2. The first-order valence-electron chi connectivity index (χ1n) is 9.21. The van der Waals surface area contributed by atoms with E-state index in [1.807, 2.05) is 24.3 Å². The van der Waals surface area contributed by atoms with Gasteiger partial charge in [-0.3, -0.25) is 14.5 Å². The Labute approximate surface area is 172 Å². The van der Waals surface area contributed by atoms with E-state index in [0.717, 1.165) is 11.1 Å². The van der Waals surface area contributed by atoms with Crippen LogP contribution in [0.1, 0.15) is 5.69 Å². The topological polar surface area (TPSA) is 97.6 Å². The number of nitrogens with one attached hydrogen (secondary N) is 2. The molecule has 0 aliphatic carbocycles. The maximum atomic E-state index is 12.3. The van der Waals surface area contributed by atoms with Gasteiger partial charge in [0.05, 0.1) is 12.8 Å². The Hall–Kier alpha value is -4.20. The molecule has 0 spiro atoms. The molecule has 4 rings (SSSR count). The number of amides is 2. The highest BCUT2D eigenvalue weighted by Gasteiger charge is 2.08. The number of aryl methyl sites for hydroxylation is 1. The van der Waals surface area contributed by atoms with Crippen molar-refractivity contribution in [2.24, 2.45) is 0 Å². The zero-order chi connectivity index (χ0) is 21.1. The molecule has 0 unspecified atom stereocenters. The molecular weight excluding hydrogens is 382 g/mol. The van der Waals surface area contributed by atoms with Gasteiger partial charge in [-0.1, -0.05) is 12.1 Å². The van der Waals surface area contributed by atoms with Gasteiger partial charge in [-0.25, -0.2) is 14.8 Å². The number of hydrogen-bond donors (Lipinski definition) is 2. The van der Waals surface area contributed by atoms with Crippen molar-refractivity contribution in [2.75, 3.05) is 17.7 Å². The molecule has 0 atom stereocenters. The molecule has 150 valence electrons. The number of carbonyl (C=O) groups is 1. The summed E-state index contributed by atoms with van der Waals surface area (Å²) in [5.74, 6) is 0.965. The standard InChI is InChI=1S/C22H19N5O3/c1-14-11-21(28)27-10-9-15(12-20(27)24-14)16-7-8-19(23-13-16)26-22(29)25-17-5-3-4-6-18(17)30-2/h3-13H,1-2H3,(H2,23,25,26,29). The van der Waals surface area contributed by atoms with E-state index in [9.17, 15) is 9.59 Å². The number of methoxy groups -OCH3 is 1. The number of carbonyl (C=O) groups excluding carboxylic acids is 1. The van der Waals surface area contributed by atoms with Gasteiger partial charge in [0.1, 0.15) is 17.2 Å². The highest BCUT2D eigenvalue weighted by atomic mass is 16.5. The third-order valence-corrected chi connectivity index (χ3v) is 4.49. The number of hydrogen-bond acceptors (Lipinski definition) is 5. The van der Waals surface area contributed by atoms with Crippen LogP contribution in [0.2, 0.25) is 0 Å². The second kappa shape index (κ2) is 8.04. The van der Waals surface area contributed by atoms with Crippen LogP contribution in [0.3, 0.4) is 0 Å². The van der Waals surface area contributed by atoms with Crippen molar-refractivity contribution < 1.29 is 9.53 Å². The average Bonchev–Trinajstić information content (AvgIpc) is 2.74. The minimum absolute atomic E-state index is 0.122. The zero-order valence-corrected chi connectivity index (χ0v) is 16.4. The summed E-state index contributed by atoms with van der Waals surface area (Å²) in [5, 5.41) is 5.42. The van der Waals surface area contributed by atoms with E-state index in [1.165, 1.54) is 10.5 Å². The number of fused-ring (bicyclic) bond motifs is 1. The van der Waals surface area contributed by atoms with Gasteiger partial charge in [-0.05, 0) is 48.9 Å². The molecule has 8 nitrogen and oxygen atoms in total. The van der Waals surface area contributed by atoms with Gasteiger partial charge in [0.2, 0.25) is 0 Å². The summed E-state index contributed by atoms with van der Waals surface area (Å²) in [7, 11) is 1.54. The maximum absolute atomic E-state index is 12.3. The van der Waals surface area contributed by atoms with Gasteiger partial charge in [-0.15, -0.1) is 0 Å². The van der Waals surface area contributed by atoms with Crippen LogP contribution < -0.4 is 20.9 Å². The average molecular weight is 401 g/mol. The molecule has 3 aromatic heterocycles. The molecule has 2 N–H and O–H groups in total. The molecule has 0 aliphatic heterocycles. The summed E-state index contributed by atoms with van der Waals surface area (Å²) in [4.78, 5) is 33.0. The first-order chi connectivity index (χ1) is 14.5. The first kappa shape index (κ1) is 19.1. The van der Waals surface area contributed by atoms with Crippen LogP contribution in [0, 0.1) is 6.92 Å². The monoisotopic (exact) mass is 401 g/mol. The summed E-state index contributed by atoms with van der Waals surface area (Å²) in [5.41, 5.74) is 3.37. The Kier molecular flexibility index (Phi) is 5.13. The number of para-hydroxylation sites is 2. The number of rotatable bonds is 4. The summed E-state index contributed by atoms with van der Waals surface area (Å²) < 4.78 is 6.71. The van der Waals surface area contributed by atoms with Gasteiger partial charge in [-0.2, -0.15) is 0 Å². The van der Waals surface area contributed by atoms with Crippen LogP contribution in [0.25, 0.3) is 16.8 Å². The molecule has 3 heterocycles. The summed E-state index contributed by atoms with van der Waals surface area (Å²) in [6, 6.07) is 15.4. The Morgan fingerprint density at radius 2 is 1.87 bits per heavy atom. The summed E-state index contributed by atoms with van der Waals surface area (Å²) in [6.45, 7) is 1.78. The van der Waals surface area contributed by atoms with E-state index in [-0.39, 0.29) is 5.56 Å². The third-order valence-electron chi connectivity index (χ3n) is 4.49. The van der Waals surface area contributed by atoms with E-state index >= 15 is 0 Å². The molecule has 0 aliphatic rings. The fourth-order valence-corrected chi connectivity index (χ4v) is 3.06. The minimum atomic E-state index is -0.426. The van der Waals surface area contributed by atoms with E-state index in [4.69, 9.17) is 4.74 Å². The Morgan fingerprint density at radius 1 is 1.03 bits per heavy atom. The number of urea groups is 1. The summed E-state index contributed by atoms with van der Waals surface area (Å²) >= 11 is 0. The van der Waals surface area contributed by atoms with E-state index in [2.05, 4.69) is 20.6 Å². The minimum Gasteiger partial charge on any atom is -0.495 e. The van der Waals surface area contributed by atoms with Crippen LogP contribution in [0.5, 0.6) is 5.75 Å². The van der Waals surface area contributed by atoms with Crippen molar-refractivity contribution in [3.05, 3.63) is 83.0 Å². The van der Waals surface area contributed by atoms with Crippen LogP contribution in [-0.2, 0) is 0 Å². The summed E-state index contributed by atoms with van der Waals surface area (Å²) in [6.07, 6.45) is 3.34. The van der Waals surface area contributed by atoms with Gasteiger partial charge in [0.25, 0.3) is 5.56 Å². The number of nitrogens with zero attached hydrogens (tertiary/aromatic N) is 3. The lowest BCUT2D eigenvalue weighted by atomic mass is 10.1. The molecule has 8 heteroatoms. The van der Waals surface area contributed by atoms with Gasteiger partial charge in [0, 0.05) is 29.7 Å². The highest BCUT2D eigenvalue weighted by molar-refractivity contribution is 6.00. The van der Waals surface area contributed by atoms with Gasteiger partial charge >= 0.3 is 6.03 Å². The molecular formula is C22H19N5O3. The lowest BCUT2D eigenvalue weighted by Crippen LogP contribution is -2.20.